The first-order valence-electron chi connectivity index (χ1n) is 7.54. The van der Waals surface area contributed by atoms with Gasteiger partial charge in [-0.05, 0) is 37.5 Å². The minimum absolute atomic E-state index is 0.148. The highest BCUT2D eigenvalue weighted by atomic mass is 16.2. The summed E-state index contributed by atoms with van der Waals surface area (Å²) in [6, 6.07) is 0.174. The van der Waals surface area contributed by atoms with Gasteiger partial charge in [0, 0.05) is 6.04 Å². The summed E-state index contributed by atoms with van der Waals surface area (Å²) in [6.07, 6.45) is 2.24. The van der Waals surface area contributed by atoms with E-state index >= 15 is 0 Å². The average Bonchev–Trinajstić information content (AvgIpc) is 2.95. The Morgan fingerprint density at radius 1 is 1.37 bits per heavy atom. The normalized spacial score (nSPS) is 35.0. The molecule has 0 saturated heterocycles. The number of nitrogens with zero attached hydrogens (tertiary/aromatic N) is 2. The summed E-state index contributed by atoms with van der Waals surface area (Å²) in [5.74, 6) is 2.50. The minimum atomic E-state index is -0.266. The van der Waals surface area contributed by atoms with Gasteiger partial charge >= 0.3 is 0 Å². The molecule has 1 aliphatic carbocycles. The zero-order valence-electron chi connectivity index (χ0n) is 12.8. The van der Waals surface area contributed by atoms with Crippen molar-refractivity contribution in [1.82, 2.24) is 4.90 Å². The summed E-state index contributed by atoms with van der Waals surface area (Å²) in [7, 11) is 0. The lowest BCUT2D eigenvalue weighted by atomic mass is 9.87. The fraction of sp³-hybridized carbons (Fsp3) is 0.867. The standard InChI is InChI=1S/C15H27N3O/c1-6-15(7-2)8-12(19)18(14(16)17-15)11(5)13-9(3)10(13)4/h9-11,13H,6-8H2,1-5H3,(H2,16,17)/t9-,10?,11-,13?/m1/s1. The molecule has 4 nitrogen and oxygen atoms in total. The molecule has 0 radical (unpaired) electrons. The third-order valence-corrected chi connectivity index (χ3v) is 5.53. The topological polar surface area (TPSA) is 58.7 Å². The van der Waals surface area contributed by atoms with Gasteiger partial charge in [-0.25, -0.2) is 4.99 Å². The highest BCUT2D eigenvalue weighted by Crippen LogP contribution is 2.49. The molecule has 1 amide bonds. The second-order valence-electron chi connectivity index (χ2n) is 6.38. The smallest absolute Gasteiger partial charge is 0.231 e. The maximum Gasteiger partial charge on any atom is 0.231 e. The van der Waals surface area contributed by atoms with Crippen molar-refractivity contribution < 1.29 is 4.79 Å². The number of amides is 1. The Bertz CT molecular complexity index is 392. The van der Waals surface area contributed by atoms with E-state index in [0.29, 0.717) is 30.1 Å². The second kappa shape index (κ2) is 4.80. The molecular weight excluding hydrogens is 238 g/mol. The summed E-state index contributed by atoms with van der Waals surface area (Å²) in [5, 5.41) is 0. The molecule has 1 saturated carbocycles. The Balaban J connectivity index is 2.22. The quantitative estimate of drug-likeness (QED) is 0.848. The van der Waals surface area contributed by atoms with Gasteiger partial charge in [0.1, 0.15) is 0 Å². The van der Waals surface area contributed by atoms with Gasteiger partial charge in [-0.2, -0.15) is 0 Å². The van der Waals surface area contributed by atoms with Gasteiger partial charge in [0.05, 0.1) is 12.0 Å². The van der Waals surface area contributed by atoms with E-state index in [1.807, 2.05) is 0 Å². The zero-order chi connectivity index (χ0) is 14.4. The predicted molar refractivity (Wildman–Crippen MR) is 77.7 cm³/mol. The van der Waals surface area contributed by atoms with Crippen molar-refractivity contribution in [3.63, 3.8) is 0 Å². The van der Waals surface area contributed by atoms with Crippen LogP contribution in [0, 0.1) is 17.8 Å². The van der Waals surface area contributed by atoms with Crippen LogP contribution in [0.1, 0.15) is 53.9 Å². The molecule has 2 unspecified atom stereocenters. The van der Waals surface area contributed by atoms with Gasteiger partial charge in [-0.15, -0.1) is 0 Å². The van der Waals surface area contributed by atoms with E-state index in [1.54, 1.807) is 4.90 Å². The van der Waals surface area contributed by atoms with Crippen LogP contribution in [-0.4, -0.2) is 28.3 Å². The first-order chi connectivity index (χ1) is 8.87. The summed E-state index contributed by atoms with van der Waals surface area (Å²) >= 11 is 0. The van der Waals surface area contributed by atoms with Crippen molar-refractivity contribution in [3.8, 4) is 0 Å². The number of carbonyl (C=O) groups is 1. The number of hydrogen-bond acceptors (Lipinski definition) is 3. The van der Waals surface area contributed by atoms with Crippen LogP contribution in [0.15, 0.2) is 4.99 Å². The van der Waals surface area contributed by atoms with E-state index in [2.05, 4.69) is 39.6 Å². The predicted octanol–water partition coefficient (Wildman–Crippen LogP) is 2.38. The Labute approximate surface area is 116 Å². The molecule has 0 bridgehead atoms. The zero-order valence-corrected chi connectivity index (χ0v) is 12.8. The number of aliphatic imine (C=N–C) groups is 1. The molecule has 1 fully saturated rings. The largest absolute Gasteiger partial charge is 0.369 e. The maximum absolute atomic E-state index is 12.5. The minimum Gasteiger partial charge on any atom is -0.369 e. The van der Waals surface area contributed by atoms with E-state index in [9.17, 15) is 4.79 Å². The van der Waals surface area contributed by atoms with Crippen LogP contribution >= 0.6 is 0 Å². The molecule has 0 aromatic carbocycles. The monoisotopic (exact) mass is 265 g/mol. The first kappa shape index (κ1) is 14.4. The number of rotatable bonds is 4. The van der Waals surface area contributed by atoms with Crippen LogP contribution in [0.4, 0.5) is 0 Å². The first-order valence-corrected chi connectivity index (χ1v) is 7.54. The van der Waals surface area contributed by atoms with Crippen molar-refractivity contribution in [2.75, 3.05) is 0 Å². The number of guanidine groups is 1. The third kappa shape index (κ3) is 2.26. The van der Waals surface area contributed by atoms with E-state index in [1.165, 1.54) is 0 Å². The molecule has 108 valence electrons. The maximum atomic E-state index is 12.5. The van der Waals surface area contributed by atoms with Gasteiger partial charge in [-0.3, -0.25) is 9.69 Å². The van der Waals surface area contributed by atoms with Gasteiger partial charge < -0.3 is 5.73 Å². The lowest BCUT2D eigenvalue weighted by molar-refractivity contribution is -0.131. The number of nitrogens with two attached hydrogens (primary N) is 1. The van der Waals surface area contributed by atoms with Crippen LogP contribution in [-0.2, 0) is 4.79 Å². The Morgan fingerprint density at radius 2 is 1.89 bits per heavy atom. The van der Waals surface area contributed by atoms with Gasteiger partial charge in [0.25, 0.3) is 0 Å². The molecule has 2 N–H and O–H groups in total. The van der Waals surface area contributed by atoms with Crippen molar-refractivity contribution in [1.29, 1.82) is 0 Å². The summed E-state index contributed by atoms with van der Waals surface area (Å²) in [4.78, 5) is 18.9. The number of carbonyl (C=O) groups excluding carboxylic acids is 1. The van der Waals surface area contributed by atoms with E-state index < -0.39 is 0 Å². The Hall–Kier alpha value is -1.06. The Kier molecular flexibility index (Phi) is 3.63. The van der Waals surface area contributed by atoms with Crippen molar-refractivity contribution in [2.24, 2.45) is 28.5 Å². The van der Waals surface area contributed by atoms with Crippen molar-refractivity contribution in [2.45, 2.75) is 65.5 Å². The van der Waals surface area contributed by atoms with E-state index in [0.717, 1.165) is 12.8 Å². The van der Waals surface area contributed by atoms with Gasteiger partial charge in [0.2, 0.25) is 5.91 Å². The molecule has 4 atom stereocenters. The molecule has 2 aliphatic rings. The molecule has 0 spiro atoms. The van der Waals surface area contributed by atoms with Crippen LogP contribution in [0.25, 0.3) is 0 Å². The van der Waals surface area contributed by atoms with E-state index in [-0.39, 0.29) is 17.5 Å². The lowest BCUT2D eigenvalue weighted by Gasteiger charge is -2.39. The molecule has 2 rings (SSSR count). The van der Waals surface area contributed by atoms with Crippen LogP contribution in [0.5, 0.6) is 0 Å². The van der Waals surface area contributed by atoms with Crippen molar-refractivity contribution >= 4 is 11.9 Å². The van der Waals surface area contributed by atoms with Crippen LogP contribution in [0.3, 0.4) is 0 Å². The summed E-state index contributed by atoms with van der Waals surface area (Å²) in [6.45, 7) is 10.8. The van der Waals surface area contributed by atoms with Crippen LogP contribution < -0.4 is 5.73 Å². The average molecular weight is 265 g/mol. The second-order valence-corrected chi connectivity index (χ2v) is 6.38. The molecule has 0 aromatic rings. The van der Waals surface area contributed by atoms with Gasteiger partial charge in [0.15, 0.2) is 5.96 Å². The van der Waals surface area contributed by atoms with E-state index in [4.69, 9.17) is 5.73 Å². The fourth-order valence-electron chi connectivity index (χ4n) is 3.68. The highest BCUT2D eigenvalue weighted by molar-refractivity contribution is 5.99. The molecule has 0 aromatic heterocycles. The Morgan fingerprint density at radius 3 is 2.26 bits per heavy atom. The molecule has 19 heavy (non-hydrogen) atoms. The SMILES string of the molecule is CCC1(CC)CC(=O)N([C@H](C)C2C(C)[C@H]2C)C(N)=N1. The fourth-order valence-corrected chi connectivity index (χ4v) is 3.68. The lowest BCUT2D eigenvalue weighted by Crippen LogP contribution is -2.55. The summed E-state index contributed by atoms with van der Waals surface area (Å²) < 4.78 is 0. The van der Waals surface area contributed by atoms with Crippen molar-refractivity contribution in [3.05, 3.63) is 0 Å². The van der Waals surface area contributed by atoms with Crippen LogP contribution in [0.2, 0.25) is 0 Å². The third-order valence-electron chi connectivity index (χ3n) is 5.53. The molecular formula is C15H27N3O. The van der Waals surface area contributed by atoms with Gasteiger partial charge in [-0.1, -0.05) is 27.7 Å². The highest BCUT2D eigenvalue weighted by Gasteiger charge is 2.51. The molecule has 4 heteroatoms. The molecule has 1 aliphatic heterocycles. The summed E-state index contributed by atoms with van der Waals surface area (Å²) in [5.41, 5.74) is 5.84. The number of hydrogen-bond donors (Lipinski definition) is 1. The molecule has 1 heterocycles.